The Bertz CT molecular complexity index is 628. The standard InChI is InChI=1S/C15H17BrN4O/c1-11(20-10-17-9-18-20)15(21)19-7-3-6-14(19)12-4-2-5-13(16)8-12/h2,4-5,8-11,14H,3,6-7H2,1H3/t11-,14-/m1/s1. The Balaban J connectivity index is 1.82. The van der Waals surface area contributed by atoms with Crippen molar-refractivity contribution in [3.63, 3.8) is 0 Å². The summed E-state index contributed by atoms with van der Waals surface area (Å²) in [7, 11) is 0. The number of hydrogen-bond acceptors (Lipinski definition) is 3. The molecular formula is C15H17BrN4O. The van der Waals surface area contributed by atoms with Gasteiger partial charge >= 0.3 is 0 Å². The summed E-state index contributed by atoms with van der Waals surface area (Å²) < 4.78 is 2.65. The maximum Gasteiger partial charge on any atom is 0.247 e. The Morgan fingerprint density at radius 1 is 1.48 bits per heavy atom. The monoisotopic (exact) mass is 348 g/mol. The van der Waals surface area contributed by atoms with Gasteiger partial charge in [0, 0.05) is 11.0 Å². The number of halogens is 1. The van der Waals surface area contributed by atoms with Gasteiger partial charge in [0.2, 0.25) is 5.91 Å². The van der Waals surface area contributed by atoms with Crippen molar-refractivity contribution in [3.8, 4) is 0 Å². The molecule has 1 aromatic heterocycles. The molecule has 2 heterocycles. The van der Waals surface area contributed by atoms with E-state index in [9.17, 15) is 4.79 Å². The van der Waals surface area contributed by atoms with Gasteiger partial charge in [-0.05, 0) is 37.5 Å². The maximum absolute atomic E-state index is 12.7. The van der Waals surface area contributed by atoms with E-state index in [1.54, 1.807) is 11.0 Å². The SMILES string of the molecule is C[C@H](C(=O)N1CCC[C@@H]1c1cccc(Br)c1)n1cncn1. The molecular weight excluding hydrogens is 332 g/mol. The third-order valence-electron chi connectivity index (χ3n) is 3.96. The van der Waals surface area contributed by atoms with Gasteiger partial charge in [0.1, 0.15) is 18.7 Å². The Labute approximate surface area is 132 Å². The summed E-state index contributed by atoms with van der Waals surface area (Å²) in [4.78, 5) is 18.6. The van der Waals surface area contributed by atoms with E-state index >= 15 is 0 Å². The molecule has 110 valence electrons. The van der Waals surface area contributed by atoms with E-state index in [2.05, 4.69) is 38.1 Å². The molecule has 21 heavy (non-hydrogen) atoms. The zero-order chi connectivity index (χ0) is 14.8. The first kappa shape index (κ1) is 14.3. The smallest absolute Gasteiger partial charge is 0.247 e. The summed E-state index contributed by atoms with van der Waals surface area (Å²) in [5, 5.41) is 4.07. The van der Waals surface area contributed by atoms with E-state index in [-0.39, 0.29) is 18.0 Å². The highest BCUT2D eigenvalue weighted by atomic mass is 79.9. The van der Waals surface area contributed by atoms with Crippen molar-refractivity contribution in [3.05, 3.63) is 47.0 Å². The van der Waals surface area contributed by atoms with Crippen LogP contribution in [0.3, 0.4) is 0 Å². The van der Waals surface area contributed by atoms with E-state index in [4.69, 9.17) is 0 Å². The van der Waals surface area contributed by atoms with Crippen LogP contribution in [0.2, 0.25) is 0 Å². The lowest BCUT2D eigenvalue weighted by atomic mass is 10.0. The minimum absolute atomic E-state index is 0.1000. The van der Waals surface area contributed by atoms with Crippen molar-refractivity contribution in [2.24, 2.45) is 0 Å². The Morgan fingerprint density at radius 2 is 2.33 bits per heavy atom. The van der Waals surface area contributed by atoms with Crippen LogP contribution in [0.1, 0.15) is 37.4 Å². The number of hydrogen-bond donors (Lipinski definition) is 0. The van der Waals surface area contributed by atoms with Crippen LogP contribution in [0.25, 0.3) is 0 Å². The molecule has 1 saturated heterocycles. The van der Waals surface area contributed by atoms with E-state index in [1.165, 1.54) is 11.9 Å². The van der Waals surface area contributed by atoms with E-state index in [0.717, 1.165) is 23.9 Å². The van der Waals surface area contributed by atoms with Gasteiger partial charge < -0.3 is 4.90 Å². The number of aromatic nitrogens is 3. The van der Waals surface area contributed by atoms with E-state index < -0.39 is 0 Å². The largest absolute Gasteiger partial charge is 0.334 e. The molecule has 0 N–H and O–H groups in total. The zero-order valence-corrected chi connectivity index (χ0v) is 13.4. The van der Waals surface area contributed by atoms with Gasteiger partial charge in [-0.1, -0.05) is 28.1 Å². The van der Waals surface area contributed by atoms with Gasteiger partial charge in [-0.15, -0.1) is 0 Å². The summed E-state index contributed by atoms with van der Waals surface area (Å²) in [6, 6.07) is 8.03. The van der Waals surface area contributed by atoms with Crippen LogP contribution >= 0.6 is 15.9 Å². The summed E-state index contributed by atoms with van der Waals surface area (Å²) in [6.07, 6.45) is 5.09. The fourth-order valence-corrected chi connectivity index (χ4v) is 3.28. The lowest BCUT2D eigenvalue weighted by molar-refractivity contribution is -0.135. The second-order valence-corrected chi connectivity index (χ2v) is 6.21. The highest BCUT2D eigenvalue weighted by Crippen LogP contribution is 2.34. The number of benzene rings is 1. The molecule has 1 amide bonds. The predicted molar refractivity (Wildman–Crippen MR) is 82.6 cm³/mol. The molecule has 0 radical (unpaired) electrons. The van der Waals surface area contributed by atoms with Crippen LogP contribution in [-0.4, -0.2) is 32.1 Å². The number of nitrogens with zero attached hydrogens (tertiary/aromatic N) is 4. The minimum atomic E-state index is -0.319. The van der Waals surface area contributed by atoms with Crippen LogP contribution in [-0.2, 0) is 4.79 Å². The van der Waals surface area contributed by atoms with Crippen LogP contribution in [0.5, 0.6) is 0 Å². The molecule has 0 bridgehead atoms. The van der Waals surface area contributed by atoms with Crippen molar-refractivity contribution in [1.82, 2.24) is 19.7 Å². The molecule has 0 unspecified atom stereocenters. The normalized spacial score (nSPS) is 19.7. The first-order valence-electron chi connectivity index (χ1n) is 7.07. The second-order valence-electron chi connectivity index (χ2n) is 5.30. The van der Waals surface area contributed by atoms with Crippen molar-refractivity contribution >= 4 is 21.8 Å². The number of carbonyl (C=O) groups excluding carboxylic acids is 1. The molecule has 1 fully saturated rings. The lowest BCUT2D eigenvalue weighted by Gasteiger charge is -2.28. The topological polar surface area (TPSA) is 51.0 Å². The van der Waals surface area contributed by atoms with Gasteiger partial charge in [-0.25, -0.2) is 9.67 Å². The Kier molecular flexibility index (Phi) is 4.05. The predicted octanol–water partition coefficient (Wildman–Crippen LogP) is 2.97. The fraction of sp³-hybridized carbons (Fsp3) is 0.400. The van der Waals surface area contributed by atoms with Crippen LogP contribution in [0, 0.1) is 0 Å². The van der Waals surface area contributed by atoms with Crippen molar-refractivity contribution in [1.29, 1.82) is 0 Å². The second kappa shape index (κ2) is 5.97. The van der Waals surface area contributed by atoms with Gasteiger partial charge in [0.05, 0.1) is 6.04 Å². The summed E-state index contributed by atoms with van der Waals surface area (Å²) in [5.74, 6) is 0.1000. The summed E-state index contributed by atoms with van der Waals surface area (Å²) in [5.41, 5.74) is 1.18. The average Bonchev–Trinajstić information content (AvgIpc) is 3.16. The van der Waals surface area contributed by atoms with Gasteiger partial charge in [0.15, 0.2) is 0 Å². The van der Waals surface area contributed by atoms with Crippen LogP contribution in [0.4, 0.5) is 0 Å². The highest BCUT2D eigenvalue weighted by Gasteiger charge is 2.33. The molecule has 3 rings (SSSR count). The Hall–Kier alpha value is -1.69. The molecule has 0 aliphatic carbocycles. The minimum Gasteiger partial charge on any atom is -0.334 e. The molecule has 2 atom stereocenters. The molecule has 0 saturated carbocycles. The molecule has 1 aliphatic heterocycles. The average molecular weight is 349 g/mol. The molecule has 6 heteroatoms. The van der Waals surface area contributed by atoms with Crippen molar-refractivity contribution in [2.45, 2.75) is 31.8 Å². The van der Waals surface area contributed by atoms with Gasteiger partial charge in [-0.3, -0.25) is 4.79 Å². The van der Waals surface area contributed by atoms with E-state index in [0.29, 0.717) is 0 Å². The highest BCUT2D eigenvalue weighted by molar-refractivity contribution is 9.10. The van der Waals surface area contributed by atoms with Gasteiger partial charge in [-0.2, -0.15) is 5.10 Å². The molecule has 1 aromatic carbocycles. The lowest BCUT2D eigenvalue weighted by Crippen LogP contribution is -2.36. The van der Waals surface area contributed by atoms with Crippen molar-refractivity contribution < 1.29 is 4.79 Å². The molecule has 0 spiro atoms. The number of amides is 1. The van der Waals surface area contributed by atoms with Crippen LogP contribution in [0.15, 0.2) is 41.4 Å². The number of rotatable bonds is 3. The first-order valence-corrected chi connectivity index (χ1v) is 7.86. The van der Waals surface area contributed by atoms with Crippen LogP contribution < -0.4 is 0 Å². The summed E-state index contributed by atoms with van der Waals surface area (Å²) in [6.45, 7) is 2.67. The maximum atomic E-state index is 12.7. The number of carbonyl (C=O) groups is 1. The van der Waals surface area contributed by atoms with E-state index in [1.807, 2.05) is 24.0 Å². The molecule has 1 aliphatic rings. The molecule has 2 aromatic rings. The summed E-state index contributed by atoms with van der Waals surface area (Å²) >= 11 is 3.50. The van der Waals surface area contributed by atoms with Gasteiger partial charge in [0.25, 0.3) is 0 Å². The zero-order valence-electron chi connectivity index (χ0n) is 11.8. The third-order valence-corrected chi connectivity index (χ3v) is 4.45. The quantitative estimate of drug-likeness (QED) is 0.856. The molecule has 5 nitrogen and oxygen atoms in total. The fourth-order valence-electron chi connectivity index (χ4n) is 2.86. The third kappa shape index (κ3) is 2.85. The number of likely N-dealkylation sites (tertiary alicyclic amines) is 1. The van der Waals surface area contributed by atoms with Crippen molar-refractivity contribution in [2.75, 3.05) is 6.54 Å². The Morgan fingerprint density at radius 3 is 3.05 bits per heavy atom. The first-order chi connectivity index (χ1) is 10.2.